The van der Waals surface area contributed by atoms with E-state index in [1.54, 1.807) is 7.11 Å². The highest BCUT2D eigenvalue weighted by atomic mass is 16.5. The van der Waals surface area contributed by atoms with Gasteiger partial charge < -0.3 is 24.6 Å². The van der Waals surface area contributed by atoms with E-state index in [4.69, 9.17) is 14.2 Å². The number of para-hydroxylation sites is 2. The van der Waals surface area contributed by atoms with E-state index < -0.39 is 6.10 Å². The lowest BCUT2D eigenvalue weighted by molar-refractivity contribution is 0.0569. The van der Waals surface area contributed by atoms with Crippen LogP contribution in [0.15, 0.2) is 24.3 Å². The highest BCUT2D eigenvalue weighted by molar-refractivity contribution is 5.39. The standard InChI is InChI=1S/C15H23NO4/c1-18-14-6-2-3-7-15(14)20-11-13(17)9-16-12-5-4-8-19-10-12/h2-3,6-7,12-13,16-17H,4-5,8-11H2,1H3. The number of rotatable bonds is 7. The first-order valence-corrected chi connectivity index (χ1v) is 7.04. The van der Waals surface area contributed by atoms with E-state index in [2.05, 4.69) is 5.32 Å². The van der Waals surface area contributed by atoms with Gasteiger partial charge in [-0.2, -0.15) is 0 Å². The first-order valence-electron chi connectivity index (χ1n) is 7.04. The minimum Gasteiger partial charge on any atom is -0.493 e. The fourth-order valence-electron chi connectivity index (χ4n) is 2.19. The Hall–Kier alpha value is -1.30. The average molecular weight is 281 g/mol. The van der Waals surface area contributed by atoms with Gasteiger partial charge in [0.05, 0.1) is 13.7 Å². The van der Waals surface area contributed by atoms with Crippen molar-refractivity contribution in [3.63, 3.8) is 0 Å². The third kappa shape index (κ3) is 4.67. The van der Waals surface area contributed by atoms with Crippen molar-refractivity contribution >= 4 is 0 Å². The van der Waals surface area contributed by atoms with Crippen LogP contribution in [-0.2, 0) is 4.74 Å². The van der Waals surface area contributed by atoms with Crippen molar-refractivity contribution in [2.24, 2.45) is 0 Å². The van der Waals surface area contributed by atoms with E-state index in [1.165, 1.54) is 0 Å². The predicted octanol–water partition coefficient (Wildman–Crippen LogP) is 1.20. The van der Waals surface area contributed by atoms with Gasteiger partial charge in [0.15, 0.2) is 11.5 Å². The number of aliphatic hydroxyl groups excluding tert-OH is 1. The third-order valence-corrected chi connectivity index (χ3v) is 3.30. The van der Waals surface area contributed by atoms with Crippen LogP contribution >= 0.6 is 0 Å². The first kappa shape index (κ1) is 15.1. The van der Waals surface area contributed by atoms with Crippen molar-refractivity contribution in [2.75, 3.05) is 33.5 Å². The predicted molar refractivity (Wildman–Crippen MR) is 76.3 cm³/mol. The van der Waals surface area contributed by atoms with Crippen LogP contribution in [0.5, 0.6) is 11.5 Å². The second kappa shape index (κ2) is 8.09. The van der Waals surface area contributed by atoms with E-state index >= 15 is 0 Å². The molecule has 1 aromatic rings. The number of nitrogens with one attached hydrogen (secondary N) is 1. The van der Waals surface area contributed by atoms with Crippen LogP contribution in [0.4, 0.5) is 0 Å². The molecule has 0 saturated carbocycles. The zero-order chi connectivity index (χ0) is 14.2. The van der Waals surface area contributed by atoms with Crippen LogP contribution in [0, 0.1) is 0 Å². The van der Waals surface area contributed by atoms with Crippen molar-refractivity contribution in [3.05, 3.63) is 24.3 Å². The van der Waals surface area contributed by atoms with Gasteiger partial charge in [-0.1, -0.05) is 12.1 Å². The van der Waals surface area contributed by atoms with Crippen LogP contribution < -0.4 is 14.8 Å². The van der Waals surface area contributed by atoms with E-state index in [9.17, 15) is 5.11 Å². The van der Waals surface area contributed by atoms with Gasteiger partial charge in [0.25, 0.3) is 0 Å². The van der Waals surface area contributed by atoms with Gasteiger partial charge in [-0.3, -0.25) is 0 Å². The summed E-state index contributed by atoms with van der Waals surface area (Å²) >= 11 is 0. The van der Waals surface area contributed by atoms with E-state index in [1.807, 2.05) is 24.3 Å². The van der Waals surface area contributed by atoms with Crippen LogP contribution in [0.25, 0.3) is 0 Å². The smallest absolute Gasteiger partial charge is 0.161 e. The van der Waals surface area contributed by atoms with Crippen LogP contribution in [0.3, 0.4) is 0 Å². The van der Waals surface area contributed by atoms with Gasteiger partial charge >= 0.3 is 0 Å². The zero-order valence-electron chi connectivity index (χ0n) is 11.9. The van der Waals surface area contributed by atoms with Gasteiger partial charge in [0.2, 0.25) is 0 Å². The molecule has 5 heteroatoms. The molecule has 0 aromatic heterocycles. The number of benzene rings is 1. The molecule has 0 spiro atoms. The molecule has 1 heterocycles. The summed E-state index contributed by atoms with van der Waals surface area (Å²) in [5.74, 6) is 1.32. The van der Waals surface area contributed by atoms with Crippen molar-refractivity contribution in [1.82, 2.24) is 5.32 Å². The molecular weight excluding hydrogens is 258 g/mol. The first-order chi connectivity index (χ1) is 9.79. The Balaban J connectivity index is 1.70. The molecule has 1 aromatic carbocycles. The lowest BCUT2D eigenvalue weighted by atomic mass is 10.1. The molecule has 2 unspecified atom stereocenters. The molecule has 0 aliphatic carbocycles. The Morgan fingerprint density at radius 2 is 2.20 bits per heavy atom. The molecule has 0 radical (unpaired) electrons. The van der Waals surface area contributed by atoms with Crippen LogP contribution in [-0.4, -0.2) is 50.7 Å². The van der Waals surface area contributed by atoms with Gasteiger partial charge in [-0.15, -0.1) is 0 Å². The molecule has 1 fully saturated rings. The summed E-state index contributed by atoms with van der Waals surface area (Å²) in [6.45, 7) is 2.31. The molecule has 0 amide bonds. The van der Waals surface area contributed by atoms with Gasteiger partial charge in [0, 0.05) is 19.2 Å². The minimum atomic E-state index is -0.554. The Labute approximate surface area is 119 Å². The Morgan fingerprint density at radius 3 is 2.90 bits per heavy atom. The van der Waals surface area contributed by atoms with Gasteiger partial charge in [-0.05, 0) is 25.0 Å². The summed E-state index contributed by atoms with van der Waals surface area (Å²) < 4.78 is 16.2. The molecule has 2 rings (SSSR count). The van der Waals surface area contributed by atoms with Crippen molar-refractivity contribution in [1.29, 1.82) is 0 Å². The molecule has 2 N–H and O–H groups in total. The van der Waals surface area contributed by atoms with E-state index in [0.717, 1.165) is 26.1 Å². The third-order valence-electron chi connectivity index (χ3n) is 3.30. The van der Waals surface area contributed by atoms with E-state index in [-0.39, 0.29) is 6.61 Å². The molecule has 112 valence electrons. The number of hydrogen-bond donors (Lipinski definition) is 2. The van der Waals surface area contributed by atoms with Gasteiger partial charge in [-0.25, -0.2) is 0 Å². The largest absolute Gasteiger partial charge is 0.493 e. The van der Waals surface area contributed by atoms with Gasteiger partial charge in [0.1, 0.15) is 12.7 Å². The maximum absolute atomic E-state index is 9.94. The van der Waals surface area contributed by atoms with E-state index in [0.29, 0.717) is 24.1 Å². The molecule has 1 aliphatic rings. The number of methoxy groups -OCH3 is 1. The fourth-order valence-corrected chi connectivity index (χ4v) is 2.19. The lowest BCUT2D eigenvalue weighted by Crippen LogP contribution is -2.42. The SMILES string of the molecule is COc1ccccc1OCC(O)CNC1CCCOC1. The van der Waals surface area contributed by atoms with Crippen molar-refractivity contribution < 1.29 is 19.3 Å². The summed E-state index contributed by atoms with van der Waals surface area (Å²) in [4.78, 5) is 0. The number of ether oxygens (including phenoxy) is 3. The summed E-state index contributed by atoms with van der Waals surface area (Å²) in [5, 5.41) is 13.2. The Morgan fingerprint density at radius 1 is 1.40 bits per heavy atom. The second-order valence-electron chi connectivity index (χ2n) is 4.94. The summed E-state index contributed by atoms with van der Waals surface area (Å²) in [6, 6.07) is 7.76. The number of hydrogen-bond acceptors (Lipinski definition) is 5. The molecule has 1 saturated heterocycles. The average Bonchev–Trinajstić information content (AvgIpc) is 2.52. The highest BCUT2D eigenvalue weighted by Gasteiger charge is 2.15. The second-order valence-corrected chi connectivity index (χ2v) is 4.94. The molecule has 2 atom stereocenters. The molecule has 0 bridgehead atoms. The minimum absolute atomic E-state index is 0.237. The maximum atomic E-state index is 9.94. The monoisotopic (exact) mass is 281 g/mol. The van der Waals surface area contributed by atoms with Crippen LogP contribution in [0.2, 0.25) is 0 Å². The summed E-state index contributed by atoms with van der Waals surface area (Å²) in [7, 11) is 1.60. The van der Waals surface area contributed by atoms with Crippen molar-refractivity contribution in [2.45, 2.75) is 25.0 Å². The van der Waals surface area contributed by atoms with Crippen LogP contribution in [0.1, 0.15) is 12.8 Å². The molecule has 1 aliphatic heterocycles. The highest BCUT2D eigenvalue weighted by Crippen LogP contribution is 2.25. The lowest BCUT2D eigenvalue weighted by Gasteiger charge is -2.24. The molecule has 5 nitrogen and oxygen atoms in total. The Bertz CT molecular complexity index is 393. The quantitative estimate of drug-likeness (QED) is 0.786. The fraction of sp³-hybridized carbons (Fsp3) is 0.600. The number of aliphatic hydroxyl groups is 1. The maximum Gasteiger partial charge on any atom is 0.161 e. The summed E-state index contributed by atoms with van der Waals surface area (Å²) in [5.41, 5.74) is 0. The zero-order valence-corrected chi connectivity index (χ0v) is 11.9. The van der Waals surface area contributed by atoms with Crippen molar-refractivity contribution in [3.8, 4) is 11.5 Å². The Kier molecular flexibility index (Phi) is 6.11. The summed E-state index contributed by atoms with van der Waals surface area (Å²) in [6.07, 6.45) is 1.62. The topological polar surface area (TPSA) is 60.0 Å². The normalized spacial score (nSPS) is 20.4. The molecular formula is C15H23NO4. The molecule has 20 heavy (non-hydrogen) atoms.